The van der Waals surface area contributed by atoms with Crippen LogP contribution in [-0.2, 0) is 0 Å². The number of aromatic nitrogens is 3. The molecule has 0 bridgehead atoms. The van der Waals surface area contributed by atoms with Crippen molar-refractivity contribution in [3.8, 4) is 0 Å². The molecule has 1 N–H and O–H groups in total. The molecule has 1 aliphatic heterocycles. The number of nitrogens with one attached hydrogen (secondary N) is 1. The van der Waals surface area contributed by atoms with Crippen molar-refractivity contribution in [1.82, 2.24) is 19.9 Å². The third-order valence-electron chi connectivity index (χ3n) is 4.11. The molecule has 3 heterocycles. The SMILES string of the molecule is Brc1ccc2nc(N(CC3CCCN3)C3CC3)nn2c1. The summed E-state index contributed by atoms with van der Waals surface area (Å²) in [6, 6.07) is 5.24. The topological polar surface area (TPSA) is 45.5 Å². The van der Waals surface area contributed by atoms with Crippen LogP contribution in [0.25, 0.3) is 5.65 Å². The highest BCUT2D eigenvalue weighted by Gasteiger charge is 2.33. The Morgan fingerprint density at radius 2 is 2.25 bits per heavy atom. The Hall–Kier alpha value is -1.14. The molecular weight excluding hydrogens is 318 g/mol. The van der Waals surface area contributed by atoms with Crippen LogP contribution in [0, 0.1) is 0 Å². The summed E-state index contributed by atoms with van der Waals surface area (Å²) >= 11 is 3.48. The Bertz CT molecular complexity index is 615. The molecule has 1 saturated carbocycles. The van der Waals surface area contributed by atoms with Crippen molar-refractivity contribution in [1.29, 1.82) is 0 Å². The third kappa shape index (κ3) is 2.42. The van der Waals surface area contributed by atoms with Gasteiger partial charge in [-0.05, 0) is 60.3 Å². The van der Waals surface area contributed by atoms with E-state index in [1.165, 1.54) is 25.7 Å². The lowest BCUT2D eigenvalue weighted by Gasteiger charge is -2.24. The molecule has 1 atom stereocenters. The van der Waals surface area contributed by atoms with Crippen molar-refractivity contribution in [3.05, 3.63) is 22.8 Å². The number of pyridine rings is 1. The van der Waals surface area contributed by atoms with E-state index in [4.69, 9.17) is 0 Å². The van der Waals surface area contributed by atoms with E-state index in [1.807, 2.05) is 22.8 Å². The summed E-state index contributed by atoms with van der Waals surface area (Å²) in [4.78, 5) is 7.08. The van der Waals surface area contributed by atoms with E-state index in [9.17, 15) is 0 Å². The van der Waals surface area contributed by atoms with Crippen LogP contribution in [-0.4, -0.2) is 39.8 Å². The predicted octanol–water partition coefficient (Wildman–Crippen LogP) is 2.21. The Labute approximate surface area is 126 Å². The second kappa shape index (κ2) is 5.00. The van der Waals surface area contributed by atoms with Crippen molar-refractivity contribution in [3.63, 3.8) is 0 Å². The molecule has 0 amide bonds. The van der Waals surface area contributed by atoms with Crippen molar-refractivity contribution in [2.24, 2.45) is 0 Å². The third-order valence-corrected chi connectivity index (χ3v) is 4.58. The summed E-state index contributed by atoms with van der Waals surface area (Å²) in [6.07, 6.45) is 7.06. The Morgan fingerprint density at radius 1 is 1.35 bits per heavy atom. The van der Waals surface area contributed by atoms with Gasteiger partial charge >= 0.3 is 0 Å². The molecule has 0 spiro atoms. The first-order valence-corrected chi connectivity index (χ1v) is 8.11. The van der Waals surface area contributed by atoms with Crippen molar-refractivity contribution >= 4 is 27.5 Å². The molecule has 2 aliphatic rings. The first-order chi connectivity index (χ1) is 9.79. The monoisotopic (exact) mass is 335 g/mol. The average molecular weight is 336 g/mol. The van der Waals surface area contributed by atoms with Gasteiger partial charge < -0.3 is 10.2 Å². The molecule has 1 unspecified atom stereocenters. The smallest absolute Gasteiger partial charge is 0.245 e. The van der Waals surface area contributed by atoms with E-state index in [-0.39, 0.29) is 0 Å². The number of rotatable bonds is 4. The van der Waals surface area contributed by atoms with Crippen LogP contribution in [0.5, 0.6) is 0 Å². The molecule has 0 radical (unpaired) electrons. The zero-order valence-electron chi connectivity index (χ0n) is 11.3. The standard InChI is InChI=1S/C14H18BrN5/c15-10-3-6-13-17-14(18-20(13)8-10)19(12-4-5-12)9-11-2-1-7-16-11/h3,6,8,11-12,16H,1-2,4-5,7,9H2. The zero-order valence-corrected chi connectivity index (χ0v) is 12.9. The average Bonchev–Trinajstić information content (AvgIpc) is 2.99. The Kier molecular flexibility index (Phi) is 3.15. The lowest BCUT2D eigenvalue weighted by Crippen LogP contribution is -2.39. The van der Waals surface area contributed by atoms with Crippen LogP contribution in [0.4, 0.5) is 5.95 Å². The maximum atomic E-state index is 4.69. The summed E-state index contributed by atoms with van der Waals surface area (Å²) in [5.74, 6) is 0.874. The van der Waals surface area contributed by atoms with Gasteiger partial charge in [-0.1, -0.05) is 0 Å². The van der Waals surface area contributed by atoms with Gasteiger partial charge in [0.15, 0.2) is 5.65 Å². The number of nitrogens with zero attached hydrogens (tertiary/aromatic N) is 4. The molecule has 2 aromatic rings. The highest BCUT2D eigenvalue weighted by Crippen LogP contribution is 2.31. The number of anilines is 1. The summed E-state index contributed by atoms with van der Waals surface area (Å²) in [6.45, 7) is 2.18. The van der Waals surface area contributed by atoms with E-state index < -0.39 is 0 Å². The molecule has 20 heavy (non-hydrogen) atoms. The summed E-state index contributed by atoms with van der Waals surface area (Å²) in [5.41, 5.74) is 0.910. The van der Waals surface area contributed by atoms with Gasteiger partial charge in [0.1, 0.15) is 0 Å². The minimum atomic E-state index is 0.592. The predicted molar refractivity (Wildman–Crippen MR) is 82.1 cm³/mol. The highest BCUT2D eigenvalue weighted by molar-refractivity contribution is 9.10. The maximum Gasteiger partial charge on any atom is 0.245 e. The minimum absolute atomic E-state index is 0.592. The van der Waals surface area contributed by atoms with Crippen LogP contribution in [0.1, 0.15) is 25.7 Å². The van der Waals surface area contributed by atoms with Crippen LogP contribution >= 0.6 is 15.9 Å². The van der Waals surface area contributed by atoms with Gasteiger partial charge in [0.25, 0.3) is 0 Å². The summed E-state index contributed by atoms with van der Waals surface area (Å²) in [7, 11) is 0. The Morgan fingerprint density at radius 3 is 3.00 bits per heavy atom. The van der Waals surface area contributed by atoms with E-state index in [0.717, 1.165) is 29.2 Å². The minimum Gasteiger partial charge on any atom is -0.335 e. The van der Waals surface area contributed by atoms with Crippen LogP contribution in [0.3, 0.4) is 0 Å². The molecule has 0 aromatic carbocycles. The lowest BCUT2D eigenvalue weighted by molar-refractivity contribution is 0.571. The molecule has 106 valence electrons. The van der Waals surface area contributed by atoms with E-state index >= 15 is 0 Å². The van der Waals surface area contributed by atoms with E-state index in [1.54, 1.807) is 0 Å². The summed E-state index contributed by atoms with van der Waals surface area (Å²) < 4.78 is 2.88. The number of fused-ring (bicyclic) bond motifs is 1. The summed E-state index contributed by atoms with van der Waals surface area (Å²) in [5, 5.41) is 8.22. The maximum absolute atomic E-state index is 4.69. The number of hydrogen-bond donors (Lipinski definition) is 1. The quantitative estimate of drug-likeness (QED) is 0.930. The molecule has 2 aromatic heterocycles. The Balaban J connectivity index is 1.63. The van der Waals surface area contributed by atoms with E-state index in [0.29, 0.717) is 12.1 Å². The van der Waals surface area contributed by atoms with Gasteiger partial charge in [0.2, 0.25) is 5.95 Å². The molecule has 4 rings (SSSR count). The van der Waals surface area contributed by atoms with Crippen molar-refractivity contribution in [2.75, 3.05) is 18.0 Å². The fourth-order valence-electron chi connectivity index (χ4n) is 2.90. The highest BCUT2D eigenvalue weighted by atomic mass is 79.9. The van der Waals surface area contributed by atoms with Gasteiger partial charge in [-0.2, -0.15) is 4.98 Å². The van der Waals surface area contributed by atoms with Gasteiger partial charge in [0, 0.05) is 29.3 Å². The molecule has 1 aliphatic carbocycles. The van der Waals surface area contributed by atoms with Gasteiger partial charge in [-0.15, -0.1) is 5.10 Å². The second-order valence-corrected chi connectivity index (χ2v) is 6.65. The van der Waals surface area contributed by atoms with Crippen molar-refractivity contribution in [2.45, 2.75) is 37.8 Å². The largest absolute Gasteiger partial charge is 0.335 e. The number of hydrogen-bond acceptors (Lipinski definition) is 4. The normalized spacial score (nSPS) is 22.6. The van der Waals surface area contributed by atoms with Crippen LogP contribution in [0.15, 0.2) is 22.8 Å². The van der Waals surface area contributed by atoms with Gasteiger partial charge in [-0.3, -0.25) is 0 Å². The van der Waals surface area contributed by atoms with E-state index in [2.05, 4.69) is 36.2 Å². The fraction of sp³-hybridized carbons (Fsp3) is 0.571. The van der Waals surface area contributed by atoms with Crippen LogP contribution < -0.4 is 10.2 Å². The molecule has 5 nitrogen and oxygen atoms in total. The number of halogens is 1. The molecule has 6 heteroatoms. The second-order valence-electron chi connectivity index (χ2n) is 5.74. The van der Waals surface area contributed by atoms with Gasteiger partial charge in [0.05, 0.1) is 0 Å². The van der Waals surface area contributed by atoms with Crippen molar-refractivity contribution < 1.29 is 0 Å². The molecular formula is C14H18BrN5. The zero-order chi connectivity index (χ0) is 13.5. The molecule has 2 fully saturated rings. The first kappa shape index (κ1) is 12.6. The van der Waals surface area contributed by atoms with Crippen LogP contribution in [0.2, 0.25) is 0 Å². The molecule has 1 saturated heterocycles. The lowest BCUT2D eigenvalue weighted by atomic mass is 10.2. The fourth-order valence-corrected chi connectivity index (χ4v) is 3.22. The van der Waals surface area contributed by atoms with Gasteiger partial charge in [-0.25, -0.2) is 4.52 Å². The first-order valence-electron chi connectivity index (χ1n) is 7.31.